The summed E-state index contributed by atoms with van der Waals surface area (Å²) in [6.45, 7) is 5.06. The maximum Gasteiger partial charge on any atom is 0.317 e. The van der Waals surface area contributed by atoms with Gasteiger partial charge in [-0.3, -0.25) is 4.79 Å². The molecule has 15 heavy (non-hydrogen) atoms. The summed E-state index contributed by atoms with van der Waals surface area (Å²) in [6, 6.07) is -0.211. The lowest BCUT2D eigenvalue weighted by molar-refractivity contribution is -0.136. The van der Waals surface area contributed by atoms with Gasteiger partial charge >= 0.3 is 12.0 Å². The smallest absolute Gasteiger partial charge is 0.317 e. The molecular formula is C10H20N2O3. The molecule has 0 spiro atoms. The van der Waals surface area contributed by atoms with Gasteiger partial charge in [0.15, 0.2) is 0 Å². The lowest BCUT2D eigenvalue weighted by atomic mass is 10.1. The van der Waals surface area contributed by atoms with Gasteiger partial charge in [0.25, 0.3) is 0 Å². The van der Waals surface area contributed by atoms with Gasteiger partial charge in [-0.2, -0.15) is 0 Å². The van der Waals surface area contributed by atoms with Crippen molar-refractivity contribution in [3.8, 4) is 0 Å². The Bertz CT molecular complexity index is 217. The highest BCUT2D eigenvalue weighted by atomic mass is 16.4. The van der Waals surface area contributed by atoms with E-state index < -0.39 is 5.97 Å². The van der Waals surface area contributed by atoms with Crippen LogP contribution < -0.4 is 5.32 Å². The van der Waals surface area contributed by atoms with Crippen molar-refractivity contribution in [3.05, 3.63) is 0 Å². The standard InChI is InChI=1S/C10H20N2O3/c1-8(2)5-7-12(3)10(15)11-6-4-9(13)14/h8H,4-7H2,1-3H3,(H,11,15)(H,13,14). The number of amides is 2. The molecule has 0 bridgehead atoms. The van der Waals surface area contributed by atoms with Crippen molar-refractivity contribution in [1.29, 1.82) is 0 Å². The van der Waals surface area contributed by atoms with Crippen LogP contribution in [-0.4, -0.2) is 42.1 Å². The van der Waals surface area contributed by atoms with Crippen LogP contribution in [-0.2, 0) is 4.79 Å². The molecule has 0 unspecified atom stereocenters. The normalized spacial score (nSPS) is 10.1. The van der Waals surface area contributed by atoms with E-state index in [-0.39, 0.29) is 19.0 Å². The molecule has 5 nitrogen and oxygen atoms in total. The minimum atomic E-state index is -0.903. The third kappa shape index (κ3) is 7.78. The van der Waals surface area contributed by atoms with Gasteiger partial charge in [0.1, 0.15) is 0 Å². The number of carbonyl (C=O) groups is 2. The summed E-state index contributed by atoms with van der Waals surface area (Å²) in [6.07, 6.45) is 0.909. The van der Waals surface area contributed by atoms with E-state index in [0.29, 0.717) is 12.5 Å². The molecule has 0 aliphatic heterocycles. The van der Waals surface area contributed by atoms with Crippen molar-refractivity contribution in [2.24, 2.45) is 5.92 Å². The Labute approximate surface area is 90.5 Å². The number of urea groups is 1. The fraction of sp³-hybridized carbons (Fsp3) is 0.800. The maximum absolute atomic E-state index is 11.4. The predicted octanol–water partition coefficient (Wildman–Crippen LogP) is 1.15. The number of hydrogen-bond acceptors (Lipinski definition) is 2. The average Bonchev–Trinajstić information content (AvgIpc) is 2.13. The van der Waals surface area contributed by atoms with E-state index in [2.05, 4.69) is 19.2 Å². The van der Waals surface area contributed by atoms with Crippen LogP contribution in [0, 0.1) is 5.92 Å². The molecule has 0 saturated heterocycles. The van der Waals surface area contributed by atoms with Crippen LogP contribution in [0.15, 0.2) is 0 Å². The Balaban J connectivity index is 3.64. The fourth-order valence-corrected chi connectivity index (χ4v) is 0.965. The topological polar surface area (TPSA) is 69.6 Å². The Kier molecular flexibility index (Phi) is 6.49. The van der Waals surface area contributed by atoms with Crippen LogP contribution in [0.4, 0.5) is 4.79 Å². The molecule has 0 saturated carbocycles. The van der Waals surface area contributed by atoms with Crippen LogP contribution >= 0.6 is 0 Å². The molecule has 0 aliphatic carbocycles. The van der Waals surface area contributed by atoms with E-state index in [4.69, 9.17) is 5.11 Å². The maximum atomic E-state index is 11.4. The van der Waals surface area contributed by atoms with Crippen LogP contribution in [0.2, 0.25) is 0 Å². The zero-order chi connectivity index (χ0) is 11.8. The van der Waals surface area contributed by atoms with Crippen LogP contribution in [0.1, 0.15) is 26.7 Å². The lowest BCUT2D eigenvalue weighted by Gasteiger charge is -2.18. The second kappa shape index (κ2) is 7.09. The Hall–Kier alpha value is -1.26. The highest BCUT2D eigenvalue weighted by molar-refractivity contribution is 5.74. The number of carboxylic acids is 1. The first kappa shape index (κ1) is 13.7. The first-order chi connectivity index (χ1) is 6.93. The quantitative estimate of drug-likeness (QED) is 0.699. The van der Waals surface area contributed by atoms with Crippen molar-refractivity contribution in [2.75, 3.05) is 20.1 Å². The van der Waals surface area contributed by atoms with Crippen molar-refractivity contribution in [1.82, 2.24) is 10.2 Å². The Morgan fingerprint density at radius 3 is 2.47 bits per heavy atom. The number of carboxylic acid groups (broad SMARTS) is 1. The molecule has 0 aliphatic rings. The molecule has 2 N–H and O–H groups in total. The van der Waals surface area contributed by atoms with E-state index in [9.17, 15) is 9.59 Å². The SMILES string of the molecule is CC(C)CCN(C)C(=O)NCCC(=O)O. The summed E-state index contributed by atoms with van der Waals surface area (Å²) in [5, 5.41) is 10.9. The highest BCUT2D eigenvalue weighted by Crippen LogP contribution is 2.00. The zero-order valence-electron chi connectivity index (χ0n) is 9.62. The summed E-state index contributed by atoms with van der Waals surface area (Å²) < 4.78 is 0. The molecule has 2 amide bonds. The van der Waals surface area contributed by atoms with Gasteiger partial charge in [-0.25, -0.2) is 4.79 Å². The summed E-state index contributed by atoms with van der Waals surface area (Å²) in [7, 11) is 1.71. The summed E-state index contributed by atoms with van der Waals surface area (Å²) in [4.78, 5) is 23.1. The van der Waals surface area contributed by atoms with Gasteiger partial charge in [-0.05, 0) is 12.3 Å². The Morgan fingerprint density at radius 2 is 2.00 bits per heavy atom. The van der Waals surface area contributed by atoms with Gasteiger partial charge in [0.05, 0.1) is 6.42 Å². The molecule has 0 radical (unpaired) electrons. The molecule has 0 aromatic rings. The molecule has 0 aromatic heterocycles. The number of hydrogen-bond donors (Lipinski definition) is 2. The van der Waals surface area contributed by atoms with E-state index >= 15 is 0 Å². The van der Waals surface area contributed by atoms with E-state index in [0.717, 1.165) is 6.42 Å². The highest BCUT2D eigenvalue weighted by Gasteiger charge is 2.08. The third-order valence-electron chi connectivity index (χ3n) is 2.00. The minimum absolute atomic E-state index is 0.0379. The molecular weight excluding hydrogens is 196 g/mol. The lowest BCUT2D eigenvalue weighted by Crippen LogP contribution is -2.39. The number of aliphatic carboxylic acids is 1. The second-order valence-corrected chi connectivity index (χ2v) is 3.98. The zero-order valence-corrected chi connectivity index (χ0v) is 9.62. The third-order valence-corrected chi connectivity index (χ3v) is 2.00. The van der Waals surface area contributed by atoms with Crippen LogP contribution in [0.5, 0.6) is 0 Å². The van der Waals surface area contributed by atoms with Gasteiger partial charge in [-0.15, -0.1) is 0 Å². The van der Waals surface area contributed by atoms with Gasteiger partial charge < -0.3 is 15.3 Å². The van der Waals surface area contributed by atoms with E-state index in [1.807, 2.05) is 0 Å². The average molecular weight is 216 g/mol. The molecule has 0 heterocycles. The van der Waals surface area contributed by atoms with Crippen molar-refractivity contribution >= 4 is 12.0 Å². The van der Waals surface area contributed by atoms with Crippen molar-refractivity contribution in [2.45, 2.75) is 26.7 Å². The number of nitrogens with zero attached hydrogens (tertiary/aromatic N) is 1. The van der Waals surface area contributed by atoms with Crippen LogP contribution in [0.3, 0.4) is 0 Å². The predicted molar refractivity (Wildman–Crippen MR) is 57.7 cm³/mol. The molecule has 88 valence electrons. The molecule has 0 fully saturated rings. The van der Waals surface area contributed by atoms with Gasteiger partial charge in [0.2, 0.25) is 0 Å². The first-order valence-corrected chi connectivity index (χ1v) is 5.14. The second-order valence-electron chi connectivity index (χ2n) is 3.98. The summed E-state index contributed by atoms with van der Waals surface area (Å²) in [5.74, 6) is -0.348. The van der Waals surface area contributed by atoms with E-state index in [1.165, 1.54) is 0 Å². The van der Waals surface area contributed by atoms with E-state index in [1.54, 1.807) is 11.9 Å². The molecule has 0 rings (SSSR count). The number of nitrogens with one attached hydrogen (secondary N) is 1. The van der Waals surface area contributed by atoms with Crippen LogP contribution in [0.25, 0.3) is 0 Å². The summed E-state index contributed by atoms with van der Waals surface area (Å²) >= 11 is 0. The van der Waals surface area contributed by atoms with Gasteiger partial charge in [-0.1, -0.05) is 13.8 Å². The largest absolute Gasteiger partial charge is 0.481 e. The number of rotatable bonds is 6. The molecule has 0 aromatic carbocycles. The summed E-state index contributed by atoms with van der Waals surface area (Å²) in [5.41, 5.74) is 0. The van der Waals surface area contributed by atoms with Gasteiger partial charge in [0, 0.05) is 20.1 Å². The molecule has 0 atom stereocenters. The van der Waals surface area contributed by atoms with Crippen molar-refractivity contribution in [3.63, 3.8) is 0 Å². The monoisotopic (exact) mass is 216 g/mol. The Morgan fingerprint density at radius 1 is 1.40 bits per heavy atom. The molecule has 5 heteroatoms. The minimum Gasteiger partial charge on any atom is -0.481 e. The first-order valence-electron chi connectivity index (χ1n) is 5.14. The van der Waals surface area contributed by atoms with Crippen molar-refractivity contribution < 1.29 is 14.7 Å². The fourth-order valence-electron chi connectivity index (χ4n) is 0.965. The number of carbonyl (C=O) groups excluding carboxylic acids is 1.